The minimum Gasteiger partial charge on any atom is -0.310 e. The van der Waals surface area contributed by atoms with Crippen molar-refractivity contribution in [2.75, 3.05) is 6.54 Å². The van der Waals surface area contributed by atoms with Gasteiger partial charge in [0, 0.05) is 29.5 Å². The fraction of sp³-hybridized carbons (Fsp3) is 0.500. The van der Waals surface area contributed by atoms with Crippen molar-refractivity contribution in [2.45, 2.75) is 45.6 Å². The van der Waals surface area contributed by atoms with Gasteiger partial charge in [0.15, 0.2) is 0 Å². The molecule has 0 aliphatic carbocycles. The first kappa shape index (κ1) is 16.0. The Bertz CT molecular complexity index is 589. The van der Waals surface area contributed by atoms with Crippen molar-refractivity contribution in [3.8, 4) is 0 Å². The minimum absolute atomic E-state index is 0.0390. The first-order chi connectivity index (χ1) is 9.90. The molecule has 0 aliphatic rings. The third kappa shape index (κ3) is 4.32. The van der Waals surface area contributed by atoms with Crippen LogP contribution in [0.2, 0.25) is 0 Å². The van der Waals surface area contributed by atoms with Crippen molar-refractivity contribution in [3.05, 3.63) is 45.9 Å². The second kappa shape index (κ2) is 6.62. The zero-order chi connectivity index (χ0) is 15.5. The summed E-state index contributed by atoms with van der Waals surface area (Å²) in [6.45, 7) is 9.33. The molecule has 0 spiro atoms. The van der Waals surface area contributed by atoms with E-state index in [4.69, 9.17) is 4.98 Å². The highest BCUT2D eigenvalue weighted by Crippen LogP contribution is 2.26. The van der Waals surface area contributed by atoms with Crippen LogP contribution in [0, 0.1) is 5.82 Å². The summed E-state index contributed by atoms with van der Waals surface area (Å²) in [6, 6.07) is 1.58. The lowest BCUT2D eigenvalue weighted by atomic mass is 9.93. The molecule has 0 saturated carbocycles. The van der Waals surface area contributed by atoms with Crippen LogP contribution in [0.3, 0.4) is 0 Å². The van der Waals surface area contributed by atoms with Crippen LogP contribution < -0.4 is 5.32 Å². The Morgan fingerprint density at radius 3 is 2.67 bits per heavy atom. The number of thiazole rings is 1. The number of hydrogen-bond donors (Lipinski definition) is 1. The van der Waals surface area contributed by atoms with Crippen LogP contribution in [-0.4, -0.2) is 16.5 Å². The monoisotopic (exact) mass is 307 g/mol. The van der Waals surface area contributed by atoms with Crippen molar-refractivity contribution >= 4 is 11.3 Å². The van der Waals surface area contributed by atoms with Gasteiger partial charge in [0.05, 0.1) is 16.9 Å². The largest absolute Gasteiger partial charge is 0.310 e. The van der Waals surface area contributed by atoms with Gasteiger partial charge in [-0.1, -0.05) is 27.7 Å². The predicted octanol–water partition coefficient (Wildman–Crippen LogP) is 3.87. The molecule has 0 amide bonds. The molecule has 21 heavy (non-hydrogen) atoms. The van der Waals surface area contributed by atoms with E-state index in [9.17, 15) is 4.39 Å². The zero-order valence-corrected chi connectivity index (χ0v) is 13.8. The number of aromatic nitrogens is 2. The molecule has 1 N–H and O–H groups in total. The maximum Gasteiger partial charge on any atom is 0.141 e. The van der Waals surface area contributed by atoms with Crippen LogP contribution in [0.1, 0.15) is 50.0 Å². The summed E-state index contributed by atoms with van der Waals surface area (Å²) in [5, 5.41) is 6.56. The predicted molar refractivity (Wildman–Crippen MR) is 85.1 cm³/mol. The summed E-state index contributed by atoms with van der Waals surface area (Å²) in [7, 11) is 0. The van der Waals surface area contributed by atoms with E-state index in [0.29, 0.717) is 0 Å². The highest BCUT2D eigenvalue weighted by atomic mass is 32.1. The third-order valence-corrected chi connectivity index (χ3v) is 4.15. The van der Waals surface area contributed by atoms with Gasteiger partial charge >= 0.3 is 0 Å². The number of rotatable bonds is 5. The Morgan fingerprint density at radius 2 is 2.10 bits per heavy atom. The summed E-state index contributed by atoms with van der Waals surface area (Å²) in [4.78, 5) is 8.66. The summed E-state index contributed by atoms with van der Waals surface area (Å²) < 4.78 is 13.4. The molecule has 0 radical (unpaired) electrons. The van der Waals surface area contributed by atoms with Crippen molar-refractivity contribution in [1.82, 2.24) is 15.3 Å². The van der Waals surface area contributed by atoms with Crippen LogP contribution in [0.4, 0.5) is 4.39 Å². The number of hydrogen-bond acceptors (Lipinski definition) is 4. The van der Waals surface area contributed by atoms with E-state index in [-0.39, 0.29) is 17.3 Å². The zero-order valence-electron chi connectivity index (χ0n) is 13.0. The minimum atomic E-state index is -0.301. The van der Waals surface area contributed by atoms with Crippen molar-refractivity contribution < 1.29 is 4.39 Å². The molecule has 5 heteroatoms. The molecule has 0 aromatic carbocycles. The third-order valence-electron chi connectivity index (χ3n) is 3.28. The number of pyridine rings is 1. The number of nitrogens with zero attached hydrogens (tertiary/aromatic N) is 2. The lowest BCUT2D eigenvalue weighted by molar-refractivity contribution is 0.532. The molecule has 3 nitrogen and oxygen atoms in total. The lowest BCUT2D eigenvalue weighted by Crippen LogP contribution is -2.23. The van der Waals surface area contributed by atoms with Gasteiger partial charge in [-0.15, -0.1) is 11.3 Å². The Hall–Kier alpha value is -1.33. The van der Waals surface area contributed by atoms with Gasteiger partial charge in [0.25, 0.3) is 0 Å². The van der Waals surface area contributed by atoms with Gasteiger partial charge in [-0.2, -0.15) is 0 Å². The van der Waals surface area contributed by atoms with E-state index in [1.54, 1.807) is 23.6 Å². The van der Waals surface area contributed by atoms with Crippen LogP contribution in [0.25, 0.3) is 0 Å². The van der Waals surface area contributed by atoms with Gasteiger partial charge in [-0.05, 0) is 18.2 Å². The topological polar surface area (TPSA) is 37.8 Å². The average Bonchev–Trinajstić information content (AvgIpc) is 2.87. The normalized spacial score (nSPS) is 13.4. The average molecular weight is 307 g/mol. The highest BCUT2D eigenvalue weighted by Gasteiger charge is 2.19. The Balaban J connectivity index is 2.18. The molecule has 114 valence electrons. The molecule has 2 heterocycles. The lowest BCUT2D eigenvalue weighted by Gasteiger charge is -2.17. The Labute approximate surface area is 129 Å². The smallest absolute Gasteiger partial charge is 0.141 e. The van der Waals surface area contributed by atoms with Crippen LogP contribution in [-0.2, 0) is 11.8 Å². The number of halogens is 1. The first-order valence-electron chi connectivity index (χ1n) is 7.19. The molecule has 2 aromatic heterocycles. The van der Waals surface area contributed by atoms with Gasteiger partial charge in [-0.25, -0.2) is 9.37 Å². The maximum absolute atomic E-state index is 13.4. The molecule has 0 bridgehead atoms. The van der Waals surface area contributed by atoms with E-state index < -0.39 is 0 Å². The number of nitrogens with one attached hydrogen (secondary N) is 1. The van der Waals surface area contributed by atoms with Crippen LogP contribution in [0.15, 0.2) is 23.8 Å². The van der Waals surface area contributed by atoms with E-state index in [1.807, 2.05) is 6.92 Å². The van der Waals surface area contributed by atoms with Gasteiger partial charge < -0.3 is 5.32 Å². The van der Waals surface area contributed by atoms with E-state index in [1.165, 1.54) is 6.20 Å². The van der Waals surface area contributed by atoms with Crippen molar-refractivity contribution in [3.63, 3.8) is 0 Å². The first-order valence-corrected chi connectivity index (χ1v) is 8.07. The van der Waals surface area contributed by atoms with E-state index >= 15 is 0 Å². The van der Waals surface area contributed by atoms with Crippen LogP contribution >= 0.6 is 11.3 Å². The molecular weight excluding hydrogens is 285 g/mol. The van der Waals surface area contributed by atoms with E-state index in [2.05, 4.69) is 36.5 Å². The van der Waals surface area contributed by atoms with Gasteiger partial charge in [0.2, 0.25) is 0 Å². The Morgan fingerprint density at radius 1 is 1.33 bits per heavy atom. The molecule has 2 rings (SSSR count). The standard InChI is InChI=1S/C16H22FN3S/c1-5-19-13(11-6-12(17)9-18-8-11)7-15-20-14(10-21-15)16(2,3)4/h6,8-10,13,19H,5,7H2,1-4H3. The molecule has 1 unspecified atom stereocenters. The quantitative estimate of drug-likeness (QED) is 0.911. The van der Waals surface area contributed by atoms with Crippen molar-refractivity contribution in [2.24, 2.45) is 0 Å². The summed E-state index contributed by atoms with van der Waals surface area (Å²) in [6.07, 6.45) is 3.70. The van der Waals surface area contributed by atoms with Crippen LogP contribution in [0.5, 0.6) is 0 Å². The SMILES string of the molecule is CCNC(Cc1nc(C(C)(C)C)cs1)c1cncc(F)c1. The molecule has 1 atom stereocenters. The molecule has 0 aliphatic heterocycles. The second-order valence-electron chi connectivity index (χ2n) is 6.13. The van der Waals surface area contributed by atoms with Crippen molar-refractivity contribution in [1.29, 1.82) is 0 Å². The van der Waals surface area contributed by atoms with E-state index in [0.717, 1.165) is 29.2 Å². The maximum atomic E-state index is 13.4. The Kier molecular flexibility index (Phi) is 5.06. The molecular formula is C16H22FN3S. The summed E-state index contributed by atoms with van der Waals surface area (Å²) >= 11 is 1.66. The summed E-state index contributed by atoms with van der Waals surface area (Å²) in [5.74, 6) is -0.301. The molecule has 0 saturated heterocycles. The number of likely N-dealkylation sites (N-methyl/N-ethyl adjacent to an activating group) is 1. The van der Waals surface area contributed by atoms with Gasteiger partial charge in [0.1, 0.15) is 5.82 Å². The molecule has 2 aromatic rings. The molecule has 0 fully saturated rings. The fourth-order valence-electron chi connectivity index (χ4n) is 2.10. The second-order valence-corrected chi connectivity index (χ2v) is 7.07. The highest BCUT2D eigenvalue weighted by molar-refractivity contribution is 7.09. The fourth-order valence-corrected chi connectivity index (χ4v) is 3.16. The summed E-state index contributed by atoms with van der Waals surface area (Å²) in [5.41, 5.74) is 2.03. The van der Waals surface area contributed by atoms with Gasteiger partial charge in [-0.3, -0.25) is 4.98 Å².